The lowest BCUT2D eigenvalue weighted by atomic mass is 9.80. The third kappa shape index (κ3) is 5.04. The minimum atomic E-state index is -2.38. The summed E-state index contributed by atoms with van der Waals surface area (Å²) in [6.45, 7) is 2.78. The van der Waals surface area contributed by atoms with E-state index >= 15 is 0 Å². The van der Waals surface area contributed by atoms with Crippen molar-refractivity contribution in [3.63, 3.8) is 0 Å². The van der Waals surface area contributed by atoms with Gasteiger partial charge < -0.3 is 10.1 Å². The zero-order valence-electron chi connectivity index (χ0n) is 12.7. The molecule has 1 aliphatic rings. The van der Waals surface area contributed by atoms with Gasteiger partial charge in [0.2, 0.25) is 0 Å². The molecule has 0 saturated heterocycles. The van der Waals surface area contributed by atoms with E-state index in [9.17, 15) is 8.78 Å². The Morgan fingerprint density at radius 3 is 2.48 bits per heavy atom. The van der Waals surface area contributed by atoms with Crippen LogP contribution in [-0.2, 0) is 4.74 Å². The molecule has 0 aliphatic heterocycles. The quantitative estimate of drug-likeness (QED) is 0.687. The van der Waals surface area contributed by atoms with Crippen LogP contribution in [0.2, 0.25) is 0 Å². The normalized spacial score (nSPS) is 17.0. The van der Waals surface area contributed by atoms with E-state index in [-0.39, 0.29) is 6.04 Å². The molecule has 1 aliphatic carbocycles. The van der Waals surface area contributed by atoms with Gasteiger partial charge in [0.25, 0.3) is 6.43 Å². The number of rotatable bonds is 9. The van der Waals surface area contributed by atoms with Crippen molar-refractivity contribution in [2.45, 2.75) is 51.0 Å². The van der Waals surface area contributed by atoms with Crippen LogP contribution >= 0.6 is 0 Å². The highest BCUT2D eigenvalue weighted by Gasteiger charge is 2.19. The fourth-order valence-corrected chi connectivity index (χ4v) is 2.75. The van der Waals surface area contributed by atoms with Crippen molar-refractivity contribution in [3.8, 4) is 0 Å². The van der Waals surface area contributed by atoms with E-state index in [2.05, 4.69) is 36.5 Å². The van der Waals surface area contributed by atoms with Gasteiger partial charge in [0, 0.05) is 12.6 Å². The average molecular weight is 297 g/mol. The van der Waals surface area contributed by atoms with Gasteiger partial charge in [-0.15, -0.1) is 0 Å². The van der Waals surface area contributed by atoms with Crippen molar-refractivity contribution in [2.24, 2.45) is 0 Å². The first-order valence-electron chi connectivity index (χ1n) is 7.89. The molecular weight excluding hydrogens is 272 g/mol. The van der Waals surface area contributed by atoms with Gasteiger partial charge in [0.05, 0.1) is 0 Å². The highest BCUT2D eigenvalue weighted by molar-refractivity contribution is 5.28. The Morgan fingerprint density at radius 2 is 1.95 bits per heavy atom. The number of hydrogen-bond donors (Lipinski definition) is 1. The van der Waals surface area contributed by atoms with Crippen molar-refractivity contribution in [1.29, 1.82) is 0 Å². The first-order valence-corrected chi connectivity index (χ1v) is 7.89. The minimum Gasteiger partial charge on any atom is -0.375 e. The van der Waals surface area contributed by atoms with Crippen LogP contribution in [-0.4, -0.2) is 26.2 Å². The smallest absolute Gasteiger partial charge is 0.261 e. The zero-order valence-corrected chi connectivity index (χ0v) is 12.7. The van der Waals surface area contributed by atoms with Crippen LogP contribution in [0.25, 0.3) is 0 Å². The van der Waals surface area contributed by atoms with Crippen LogP contribution in [0.3, 0.4) is 0 Å². The predicted octanol–water partition coefficient (Wildman–Crippen LogP) is 4.28. The second-order valence-electron chi connectivity index (χ2n) is 5.66. The van der Waals surface area contributed by atoms with Crippen LogP contribution in [0.5, 0.6) is 0 Å². The van der Waals surface area contributed by atoms with Gasteiger partial charge in [-0.3, -0.25) is 0 Å². The molecule has 0 spiro atoms. The molecule has 1 N–H and O–H groups in total. The minimum absolute atomic E-state index is 0.170. The molecule has 0 bridgehead atoms. The van der Waals surface area contributed by atoms with E-state index in [4.69, 9.17) is 4.74 Å². The number of nitrogens with one attached hydrogen (secondary N) is 1. The molecule has 4 heteroatoms. The molecule has 0 aromatic heterocycles. The highest BCUT2D eigenvalue weighted by Crippen LogP contribution is 2.36. The third-order valence-corrected chi connectivity index (χ3v) is 4.16. The lowest BCUT2D eigenvalue weighted by Gasteiger charge is -2.26. The molecule has 1 unspecified atom stereocenters. The average Bonchev–Trinajstić information content (AvgIpc) is 2.41. The second-order valence-corrected chi connectivity index (χ2v) is 5.66. The van der Waals surface area contributed by atoms with Gasteiger partial charge >= 0.3 is 0 Å². The summed E-state index contributed by atoms with van der Waals surface area (Å²) < 4.78 is 29.1. The molecule has 2 nitrogen and oxygen atoms in total. The fraction of sp³-hybridized carbons (Fsp3) is 0.647. The predicted molar refractivity (Wildman–Crippen MR) is 80.9 cm³/mol. The van der Waals surface area contributed by atoms with Crippen molar-refractivity contribution in [2.75, 3.05) is 19.8 Å². The summed E-state index contributed by atoms with van der Waals surface area (Å²) in [7, 11) is 0. The molecule has 21 heavy (non-hydrogen) atoms. The maximum Gasteiger partial charge on any atom is 0.261 e. The Hall–Kier alpha value is -1.00. The van der Waals surface area contributed by atoms with Crippen LogP contribution in [0, 0.1) is 0 Å². The molecule has 1 fully saturated rings. The van der Waals surface area contributed by atoms with Crippen molar-refractivity contribution < 1.29 is 13.5 Å². The Kier molecular flexibility index (Phi) is 6.58. The molecule has 1 saturated carbocycles. The summed E-state index contributed by atoms with van der Waals surface area (Å²) in [4.78, 5) is 0. The Bertz CT molecular complexity index is 404. The molecule has 1 atom stereocenters. The summed E-state index contributed by atoms with van der Waals surface area (Å²) in [6.07, 6.45) is 2.27. The Balaban J connectivity index is 1.87. The molecule has 0 amide bonds. The first kappa shape index (κ1) is 16.4. The number of halogens is 2. The van der Waals surface area contributed by atoms with E-state index in [1.807, 2.05) is 0 Å². The third-order valence-electron chi connectivity index (χ3n) is 4.16. The SMILES string of the molecule is CCNC(CCOCC(F)F)c1ccc(C2CCC2)cc1. The monoisotopic (exact) mass is 297 g/mol. The molecule has 118 valence electrons. The van der Waals surface area contributed by atoms with Gasteiger partial charge in [-0.2, -0.15) is 0 Å². The number of alkyl halides is 2. The lowest BCUT2D eigenvalue weighted by molar-refractivity contribution is 0.0144. The van der Waals surface area contributed by atoms with Gasteiger partial charge in [-0.1, -0.05) is 37.6 Å². The van der Waals surface area contributed by atoms with Crippen molar-refractivity contribution >= 4 is 0 Å². The summed E-state index contributed by atoms with van der Waals surface area (Å²) >= 11 is 0. The first-order chi connectivity index (χ1) is 10.2. The molecular formula is C17H25F2NO. The van der Waals surface area contributed by atoms with E-state index in [1.54, 1.807) is 0 Å². The Morgan fingerprint density at radius 1 is 1.24 bits per heavy atom. The maximum absolute atomic E-state index is 12.0. The maximum atomic E-state index is 12.0. The molecule has 0 radical (unpaired) electrons. The molecule has 2 rings (SSSR count). The van der Waals surface area contributed by atoms with Crippen LogP contribution in [0.1, 0.15) is 55.7 Å². The van der Waals surface area contributed by atoms with Gasteiger partial charge in [-0.05, 0) is 42.9 Å². The fourth-order valence-electron chi connectivity index (χ4n) is 2.75. The standard InChI is InChI=1S/C17H25F2NO/c1-2-20-16(10-11-21-12-17(18)19)15-8-6-14(7-9-15)13-4-3-5-13/h6-9,13,16-17,20H,2-5,10-12H2,1H3. The van der Waals surface area contributed by atoms with Crippen LogP contribution < -0.4 is 5.32 Å². The molecule has 1 aromatic rings. The van der Waals surface area contributed by atoms with E-state index in [0.717, 1.165) is 12.5 Å². The van der Waals surface area contributed by atoms with Crippen LogP contribution in [0.4, 0.5) is 8.78 Å². The van der Waals surface area contributed by atoms with E-state index < -0.39 is 13.0 Å². The highest BCUT2D eigenvalue weighted by atomic mass is 19.3. The zero-order chi connectivity index (χ0) is 15.1. The molecule has 0 heterocycles. The van der Waals surface area contributed by atoms with Gasteiger partial charge in [0.15, 0.2) is 0 Å². The van der Waals surface area contributed by atoms with Crippen molar-refractivity contribution in [3.05, 3.63) is 35.4 Å². The largest absolute Gasteiger partial charge is 0.375 e. The number of benzene rings is 1. The number of ether oxygens (including phenoxy) is 1. The van der Waals surface area contributed by atoms with Gasteiger partial charge in [0.1, 0.15) is 6.61 Å². The summed E-state index contributed by atoms with van der Waals surface area (Å²) in [5, 5.41) is 3.40. The Labute approximate surface area is 125 Å². The van der Waals surface area contributed by atoms with Crippen LogP contribution in [0.15, 0.2) is 24.3 Å². The van der Waals surface area contributed by atoms with E-state index in [0.29, 0.717) is 13.0 Å². The summed E-state index contributed by atoms with van der Waals surface area (Å²) in [5.74, 6) is 0.742. The van der Waals surface area contributed by atoms with Crippen molar-refractivity contribution in [1.82, 2.24) is 5.32 Å². The summed E-state index contributed by atoms with van der Waals surface area (Å²) in [6, 6.07) is 8.91. The topological polar surface area (TPSA) is 21.3 Å². The lowest BCUT2D eigenvalue weighted by Crippen LogP contribution is -2.23. The van der Waals surface area contributed by atoms with E-state index in [1.165, 1.54) is 30.4 Å². The van der Waals surface area contributed by atoms with Gasteiger partial charge in [-0.25, -0.2) is 8.78 Å². The summed E-state index contributed by atoms with van der Waals surface area (Å²) in [5.41, 5.74) is 2.63. The second kappa shape index (κ2) is 8.44. The number of hydrogen-bond acceptors (Lipinski definition) is 2. The molecule has 1 aromatic carbocycles.